The van der Waals surface area contributed by atoms with E-state index in [2.05, 4.69) is 17.6 Å². The third-order valence-electron chi connectivity index (χ3n) is 4.51. The van der Waals surface area contributed by atoms with Crippen molar-refractivity contribution in [1.29, 1.82) is 0 Å². The van der Waals surface area contributed by atoms with Crippen LogP contribution in [0.1, 0.15) is 58.3 Å². The Morgan fingerprint density at radius 3 is 2.72 bits per heavy atom. The third-order valence-corrected chi connectivity index (χ3v) is 4.51. The molecule has 104 valence electrons. The van der Waals surface area contributed by atoms with Crippen LogP contribution >= 0.6 is 0 Å². The van der Waals surface area contributed by atoms with Crippen LogP contribution in [-0.2, 0) is 4.79 Å². The van der Waals surface area contributed by atoms with Gasteiger partial charge >= 0.3 is 0 Å². The molecule has 2 aliphatic rings. The van der Waals surface area contributed by atoms with Gasteiger partial charge < -0.3 is 10.6 Å². The molecule has 1 aliphatic heterocycles. The van der Waals surface area contributed by atoms with E-state index in [1.54, 1.807) is 0 Å². The van der Waals surface area contributed by atoms with Gasteiger partial charge in [0.1, 0.15) is 0 Å². The molecule has 3 heteroatoms. The van der Waals surface area contributed by atoms with E-state index in [4.69, 9.17) is 0 Å². The average molecular weight is 252 g/mol. The van der Waals surface area contributed by atoms with Crippen molar-refractivity contribution in [2.45, 2.75) is 64.3 Å². The highest BCUT2D eigenvalue weighted by Crippen LogP contribution is 2.31. The molecule has 1 aliphatic carbocycles. The Bertz CT molecular complexity index is 255. The molecule has 1 heterocycles. The fourth-order valence-electron chi connectivity index (χ4n) is 3.45. The molecule has 2 rings (SSSR count). The number of hydrogen-bond donors (Lipinski definition) is 2. The Labute approximate surface area is 111 Å². The minimum atomic E-state index is 0.263. The summed E-state index contributed by atoms with van der Waals surface area (Å²) < 4.78 is 0. The van der Waals surface area contributed by atoms with E-state index < -0.39 is 0 Å². The molecule has 0 aromatic rings. The van der Waals surface area contributed by atoms with Crippen molar-refractivity contribution in [1.82, 2.24) is 10.6 Å². The lowest BCUT2D eigenvalue weighted by atomic mass is 9.89. The fourth-order valence-corrected chi connectivity index (χ4v) is 3.45. The van der Waals surface area contributed by atoms with Crippen LogP contribution in [0.3, 0.4) is 0 Å². The van der Waals surface area contributed by atoms with Crippen molar-refractivity contribution < 1.29 is 4.79 Å². The van der Waals surface area contributed by atoms with E-state index in [0.29, 0.717) is 11.9 Å². The van der Waals surface area contributed by atoms with Gasteiger partial charge in [0.15, 0.2) is 0 Å². The molecule has 0 radical (unpaired) electrons. The van der Waals surface area contributed by atoms with Gasteiger partial charge in [-0.25, -0.2) is 0 Å². The zero-order valence-corrected chi connectivity index (χ0v) is 11.7. The van der Waals surface area contributed by atoms with Gasteiger partial charge in [0, 0.05) is 18.5 Å². The van der Waals surface area contributed by atoms with Gasteiger partial charge in [-0.3, -0.25) is 4.79 Å². The van der Waals surface area contributed by atoms with E-state index in [-0.39, 0.29) is 5.92 Å². The van der Waals surface area contributed by atoms with Crippen LogP contribution in [0, 0.1) is 11.8 Å². The van der Waals surface area contributed by atoms with Crippen LogP contribution in [0.5, 0.6) is 0 Å². The summed E-state index contributed by atoms with van der Waals surface area (Å²) in [6.45, 7) is 4.19. The Morgan fingerprint density at radius 2 is 2.11 bits per heavy atom. The Kier molecular flexibility index (Phi) is 5.48. The van der Waals surface area contributed by atoms with Crippen molar-refractivity contribution in [2.24, 2.45) is 11.8 Å². The SMILES string of the molecule is CCCC(CC1CCCC1)C(=O)NC1CCNC1. The molecule has 0 spiro atoms. The van der Waals surface area contributed by atoms with Crippen LogP contribution in [0.15, 0.2) is 0 Å². The van der Waals surface area contributed by atoms with Crippen LogP contribution in [-0.4, -0.2) is 25.0 Å². The van der Waals surface area contributed by atoms with Gasteiger partial charge in [-0.15, -0.1) is 0 Å². The predicted molar refractivity (Wildman–Crippen MR) is 74.4 cm³/mol. The summed E-state index contributed by atoms with van der Waals surface area (Å²) in [4.78, 5) is 12.3. The van der Waals surface area contributed by atoms with E-state index in [9.17, 15) is 4.79 Å². The first-order valence-electron chi connectivity index (χ1n) is 7.80. The van der Waals surface area contributed by atoms with Crippen molar-refractivity contribution in [3.05, 3.63) is 0 Å². The lowest BCUT2D eigenvalue weighted by Gasteiger charge is -2.21. The predicted octanol–water partition coefficient (Wildman–Crippen LogP) is 2.46. The van der Waals surface area contributed by atoms with Gasteiger partial charge in [-0.2, -0.15) is 0 Å². The number of amides is 1. The maximum absolute atomic E-state index is 12.3. The van der Waals surface area contributed by atoms with Crippen molar-refractivity contribution in [2.75, 3.05) is 13.1 Å². The maximum Gasteiger partial charge on any atom is 0.223 e. The topological polar surface area (TPSA) is 41.1 Å². The Morgan fingerprint density at radius 1 is 1.33 bits per heavy atom. The largest absolute Gasteiger partial charge is 0.352 e. The lowest BCUT2D eigenvalue weighted by Crippen LogP contribution is -2.40. The first-order valence-corrected chi connectivity index (χ1v) is 7.80. The molecule has 2 N–H and O–H groups in total. The quantitative estimate of drug-likeness (QED) is 0.762. The smallest absolute Gasteiger partial charge is 0.223 e. The zero-order chi connectivity index (χ0) is 12.8. The van der Waals surface area contributed by atoms with E-state index in [1.165, 1.54) is 25.7 Å². The first kappa shape index (κ1) is 13.9. The molecule has 1 saturated carbocycles. The summed E-state index contributed by atoms with van der Waals surface area (Å²) in [5.74, 6) is 1.39. The summed E-state index contributed by atoms with van der Waals surface area (Å²) in [6, 6.07) is 0.375. The normalized spacial score (nSPS) is 26.4. The zero-order valence-electron chi connectivity index (χ0n) is 11.7. The summed E-state index contributed by atoms with van der Waals surface area (Å²) >= 11 is 0. The van der Waals surface area contributed by atoms with Crippen LogP contribution in [0.25, 0.3) is 0 Å². The van der Waals surface area contributed by atoms with Crippen molar-refractivity contribution >= 4 is 5.91 Å². The number of nitrogens with one attached hydrogen (secondary N) is 2. The van der Waals surface area contributed by atoms with Gasteiger partial charge in [-0.1, -0.05) is 39.0 Å². The molecular weight excluding hydrogens is 224 g/mol. The van der Waals surface area contributed by atoms with Crippen molar-refractivity contribution in [3.63, 3.8) is 0 Å². The summed E-state index contributed by atoms with van der Waals surface area (Å²) in [6.07, 6.45) is 9.83. The lowest BCUT2D eigenvalue weighted by molar-refractivity contribution is -0.126. The highest BCUT2D eigenvalue weighted by molar-refractivity contribution is 5.79. The van der Waals surface area contributed by atoms with E-state index in [0.717, 1.165) is 44.7 Å². The molecule has 2 fully saturated rings. The molecule has 0 aromatic carbocycles. The van der Waals surface area contributed by atoms with Gasteiger partial charge in [0.05, 0.1) is 0 Å². The molecule has 2 atom stereocenters. The number of carbonyl (C=O) groups is 1. The molecule has 0 aromatic heterocycles. The molecular formula is C15H28N2O. The van der Waals surface area contributed by atoms with E-state index in [1.807, 2.05) is 0 Å². The summed E-state index contributed by atoms with van der Waals surface area (Å²) in [7, 11) is 0. The van der Waals surface area contributed by atoms with E-state index >= 15 is 0 Å². The Hall–Kier alpha value is -0.570. The summed E-state index contributed by atoms with van der Waals surface area (Å²) in [5.41, 5.74) is 0. The standard InChI is InChI=1S/C15H28N2O/c1-2-5-13(10-12-6-3-4-7-12)15(18)17-14-8-9-16-11-14/h12-14,16H,2-11H2,1H3,(H,17,18). The van der Waals surface area contributed by atoms with Crippen molar-refractivity contribution in [3.8, 4) is 0 Å². The monoisotopic (exact) mass is 252 g/mol. The fraction of sp³-hybridized carbons (Fsp3) is 0.933. The molecule has 0 bridgehead atoms. The molecule has 2 unspecified atom stereocenters. The number of hydrogen-bond acceptors (Lipinski definition) is 2. The number of rotatable bonds is 6. The second-order valence-corrected chi connectivity index (χ2v) is 6.07. The van der Waals surface area contributed by atoms with Crippen LogP contribution in [0.2, 0.25) is 0 Å². The second-order valence-electron chi connectivity index (χ2n) is 6.07. The van der Waals surface area contributed by atoms with Crippen LogP contribution < -0.4 is 10.6 Å². The molecule has 1 amide bonds. The summed E-state index contributed by atoms with van der Waals surface area (Å²) in [5, 5.41) is 6.54. The van der Waals surface area contributed by atoms with Gasteiger partial charge in [-0.05, 0) is 31.7 Å². The minimum Gasteiger partial charge on any atom is -0.352 e. The molecule has 3 nitrogen and oxygen atoms in total. The van der Waals surface area contributed by atoms with Crippen LogP contribution in [0.4, 0.5) is 0 Å². The number of carbonyl (C=O) groups excluding carboxylic acids is 1. The Balaban J connectivity index is 1.80. The molecule has 1 saturated heterocycles. The third kappa shape index (κ3) is 3.98. The highest BCUT2D eigenvalue weighted by atomic mass is 16.1. The maximum atomic E-state index is 12.3. The highest BCUT2D eigenvalue weighted by Gasteiger charge is 2.26. The van der Waals surface area contributed by atoms with Gasteiger partial charge in [0.2, 0.25) is 5.91 Å². The first-order chi connectivity index (χ1) is 8.79. The second kappa shape index (κ2) is 7.13. The molecule has 18 heavy (non-hydrogen) atoms. The average Bonchev–Trinajstić information content (AvgIpc) is 3.01. The van der Waals surface area contributed by atoms with Gasteiger partial charge in [0.25, 0.3) is 0 Å². The minimum absolute atomic E-state index is 0.263.